The van der Waals surface area contributed by atoms with E-state index >= 15 is 0 Å². The Morgan fingerprint density at radius 3 is 2.35 bits per heavy atom. The fraction of sp³-hybridized carbons (Fsp3) is 0.667. The number of nitrogens with two attached hydrogens (primary N) is 1. The SMILES string of the molecule is Cc1ccc(CC(N)C(=O)N2CCN(C3CCN(C)CC3)CC2)cc1C. The predicted molar refractivity (Wildman–Crippen MR) is 106 cm³/mol. The summed E-state index contributed by atoms with van der Waals surface area (Å²) in [6.07, 6.45) is 3.11. The van der Waals surface area contributed by atoms with E-state index in [2.05, 4.69) is 48.9 Å². The van der Waals surface area contributed by atoms with Crippen molar-refractivity contribution in [3.63, 3.8) is 0 Å². The van der Waals surface area contributed by atoms with E-state index in [1.165, 1.54) is 37.1 Å². The molecule has 2 heterocycles. The first-order chi connectivity index (χ1) is 12.4. The molecule has 144 valence electrons. The van der Waals surface area contributed by atoms with Gasteiger partial charge in [-0.25, -0.2) is 0 Å². The van der Waals surface area contributed by atoms with Crippen LogP contribution in [0.2, 0.25) is 0 Å². The third-order valence-corrected chi connectivity index (χ3v) is 6.17. The maximum Gasteiger partial charge on any atom is 0.239 e. The molecule has 2 N–H and O–H groups in total. The highest BCUT2D eigenvalue weighted by Crippen LogP contribution is 2.18. The summed E-state index contributed by atoms with van der Waals surface area (Å²) in [7, 11) is 2.20. The van der Waals surface area contributed by atoms with Crippen LogP contribution in [0.4, 0.5) is 0 Å². The molecule has 0 saturated carbocycles. The molecule has 2 aliphatic rings. The average Bonchev–Trinajstić information content (AvgIpc) is 2.65. The van der Waals surface area contributed by atoms with E-state index in [0.717, 1.165) is 31.7 Å². The fourth-order valence-electron chi connectivity index (χ4n) is 4.17. The van der Waals surface area contributed by atoms with Gasteiger partial charge in [0, 0.05) is 32.2 Å². The quantitative estimate of drug-likeness (QED) is 0.884. The van der Waals surface area contributed by atoms with Crippen LogP contribution in [0.5, 0.6) is 0 Å². The Kier molecular flexibility index (Phi) is 6.33. The molecule has 2 saturated heterocycles. The third-order valence-electron chi connectivity index (χ3n) is 6.17. The van der Waals surface area contributed by atoms with Gasteiger partial charge in [-0.3, -0.25) is 9.69 Å². The zero-order valence-corrected chi connectivity index (χ0v) is 16.6. The smallest absolute Gasteiger partial charge is 0.239 e. The van der Waals surface area contributed by atoms with Gasteiger partial charge < -0.3 is 15.5 Å². The lowest BCUT2D eigenvalue weighted by atomic mass is 10.00. The number of piperazine rings is 1. The molecule has 0 radical (unpaired) electrons. The van der Waals surface area contributed by atoms with Gasteiger partial charge in [-0.15, -0.1) is 0 Å². The lowest BCUT2D eigenvalue weighted by Crippen LogP contribution is -2.56. The Labute approximate surface area is 158 Å². The second kappa shape index (κ2) is 8.51. The predicted octanol–water partition coefficient (Wildman–Crippen LogP) is 1.41. The van der Waals surface area contributed by atoms with E-state index in [1.807, 2.05) is 4.90 Å². The molecule has 0 aromatic heterocycles. The monoisotopic (exact) mass is 358 g/mol. The van der Waals surface area contributed by atoms with Gasteiger partial charge in [-0.1, -0.05) is 18.2 Å². The first-order valence-corrected chi connectivity index (χ1v) is 9.97. The van der Waals surface area contributed by atoms with Crippen molar-refractivity contribution in [1.29, 1.82) is 0 Å². The molecule has 1 aromatic rings. The molecule has 1 atom stereocenters. The summed E-state index contributed by atoms with van der Waals surface area (Å²) in [5, 5.41) is 0. The molecule has 0 spiro atoms. The summed E-state index contributed by atoms with van der Waals surface area (Å²) in [5.41, 5.74) is 9.94. The number of nitrogens with zero attached hydrogens (tertiary/aromatic N) is 3. The molecule has 1 amide bonds. The number of benzene rings is 1. The Morgan fingerprint density at radius 2 is 1.73 bits per heavy atom. The molecule has 1 unspecified atom stereocenters. The topological polar surface area (TPSA) is 52.8 Å². The van der Waals surface area contributed by atoms with Gasteiger partial charge >= 0.3 is 0 Å². The molecular weight excluding hydrogens is 324 g/mol. The van der Waals surface area contributed by atoms with Gasteiger partial charge in [-0.05, 0) is 69.9 Å². The number of likely N-dealkylation sites (tertiary alicyclic amines) is 1. The summed E-state index contributed by atoms with van der Waals surface area (Å²) in [6, 6.07) is 6.61. The number of aryl methyl sites for hydroxylation is 2. The van der Waals surface area contributed by atoms with Crippen LogP contribution in [-0.4, -0.2) is 79.0 Å². The number of carbonyl (C=O) groups excluding carboxylic acids is 1. The Balaban J connectivity index is 1.48. The largest absolute Gasteiger partial charge is 0.339 e. The minimum atomic E-state index is -0.438. The van der Waals surface area contributed by atoms with Crippen LogP contribution in [0.1, 0.15) is 29.5 Å². The Bertz CT molecular complexity index is 616. The van der Waals surface area contributed by atoms with Crippen molar-refractivity contribution in [1.82, 2.24) is 14.7 Å². The summed E-state index contributed by atoms with van der Waals surface area (Å²) in [5.74, 6) is 0.103. The van der Waals surface area contributed by atoms with Crippen LogP contribution < -0.4 is 5.73 Å². The van der Waals surface area contributed by atoms with Crippen molar-refractivity contribution < 1.29 is 4.79 Å². The van der Waals surface area contributed by atoms with E-state index < -0.39 is 6.04 Å². The van der Waals surface area contributed by atoms with E-state index in [9.17, 15) is 4.79 Å². The average molecular weight is 359 g/mol. The highest BCUT2D eigenvalue weighted by molar-refractivity contribution is 5.82. The third kappa shape index (κ3) is 4.64. The molecule has 2 fully saturated rings. The van der Waals surface area contributed by atoms with Gasteiger partial charge in [0.25, 0.3) is 0 Å². The lowest BCUT2D eigenvalue weighted by molar-refractivity contribution is -0.134. The van der Waals surface area contributed by atoms with Crippen molar-refractivity contribution in [3.05, 3.63) is 34.9 Å². The number of hydrogen-bond donors (Lipinski definition) is 1. The van der Waals surface area contributed by atoms with E-state index in [4.69, 9.17) is 5.73 Å². The van der Waals surface area contributed by atoms with Crippen LogP contribution in [0.15, 0.2) is 18.2 Å². The highest BCUT2D eigenvalue weighted by atomic mass is 16.2. The first-order valence-electron chi connectivity index (χ1n) is 9.97. The second-order valence-corrected chi connectivity index (χ2v) is 8.12. The Morgan fingerprint density at radius 1 is 1.08 bits per heavy atom. The van der Waals surface area contributed by atoms with Crippen LogP contribution in [0.3, 0.4) is 0 Å². The summed E-state index contributed by atoms with van der Waals surface area (Å²) >= 11 is 0. The van der Waals surface area contributed by atoms with Crippen molar-refractivity contribution in [2.24, 2.45) is 5.73 Å². The second-order valence-electron chi connectivity index (χ2n) is 8.12. The van der Waals surface area contributed by atoms with Crippen molar-refractivity contribution in [3.8, 4) is 0 Å². The maximum atomic E-state index is 12.8. The molecule has 5 nitrogen and oxygen atoms in total. The summed E-state index contributed by atoms with van der Waals surface area (Å²) in [4.78, 5) is 19.7. The molecule has 1 aromatic carbocycles. The molecule has 3 rings (SSSR count). The zero-order chi connectivity index (χ0) is 18.7. The van der Waals surface area contributed by atoms with Crippen LogP contribution in [-0.2, 0) is 11.2 Å². The van der Waals surface area contributed by atoms with Gasteiger partial charge in [0.2, 0.25) is 5.91 Å². The van der Waals surface area contributed by atoms with Crippen molar-refractivity contribution in [2.45, 2.75) is 45.2 Å². The van der Waals surface area contributed by atoms with E-state index in [-0.39, 0.29) is 5.91 Å². The zero-order valence-electron chi connectivity index (χ0n) is 16.6. The van der Waals surface area contributed by atoms with Crippen LogP contribution in [0.25, 0.3) is 0 Å². The van der Waals surface area contributed by atoms with Gasteiger partial charge in [0.1, 0.15) is 0 Å². The first kappa shape index (κ1) is 19.3. The standard InChI is InChI=1S/C21H34N4O/c1-16-4-5-18(14-17(16)2)15-20(22)21(26)25-12-10-24(11-13-25)19-6-8-23(3)9-7-19/h4-5,14,19-20H,6-13,15,22H2,1-3H3. The molecule has 2 aliphatic heterocycles. The van der Waals surface area contributed by atoms with Gasteiger partial charge in [0.15, 0.2) is 0 Å². The number of piperidine rings is 1. The van der Waals surface area contributed by atoms with E-state index in [0.29, 0.717) is 12.5 Å². The van der Waals surface area contributed by atoms with Gasteiger partial charge in [-0.2, -0.15) is 0 Å². The molecule has 26 heavy (non-hydrogen) atoms. The van der Waals surface area contributed by atoms with Crippen molar-refractivity contribution >= 4 is 5.91 Å². The molecule has 0 bridgehead atoms. The summed E-state index contributed by atoms with van der Waals surface area (Å²) in [6.45, 7) is 10.2. The number of amides is 1. The number of carbonyl (C=O) groups is 1. The molecule has 0 aliphatic carbocycles. The maximum absolute atomic E-state index is 12.8. The van der Waals surface area contributed by atoms with Crippen molar-refractivity contribution in [2.75, 3.05) is 46.3 Å². The molecular formula is C21H34N4O. The lowest BCUT2D eigenvalue weighted by Gasteiger charge is -2.42. The normalized spacial score (nSPS) is 21.8. The Hall–Kier alpha value is -1.43. The minimum absolute atomic E-state index is 0.103. The highest BCUT2D eigenvalue weighted by Gasteiger charge is 2.29. The fourth-order valence-corrected chi connectivity index (χ4v) is 4.17. The summed E-state index contributed by atoms with van der Waals surface area (Å²) < 4.78 is 0. The van der Waals surface area contributed by atoms with Crippen LogP contribution >= 0.6 is 0 Å². The van der Waals surface area contributed by atoms with E-state index in [1.54, 1.807) is 0 Å². The minimum Gasteiger partial charge on any atom is -0.339 e. The number of hydrogen-bond acceptors (Lipinski definition) is 4. The molecule has 5 heteroatoms. The number of rotatable bonds is 4. The van der Waals surface area contributed by atoms with Gasteiger partial charge in [0.05, 0.1) is 6.04 Å². The van der Waals surface area contributed by atoms with Crippen LogP contribution in [0, 0.1) is 13.8 Å².